The van der Waals surface area contributed by atoms with Gasteiger partial charge in [0, 0.05) is 23.5 Å². The van der Waals surface area contributed by atoms with Crippen molar-refractivity contribution in [1.29, 1.82) is 0 Å². The summed E-state index contributed by atoms with van der Waals surface area (Å²) in [6.45, 7) is 7.81. The van der Waals surface area contributed by atoms with Crippen LogP contribution in [0.25, 0.3) is 0 Å². The molecule has 0 heterocycles. The molecule has 6 heteroatoms. The molecular weight excluding hydrogens is 460 g/mol. The number of carbonyl (C=O) groups excluding carboxylic acids is 2. The van der Waals surface area contributed by atoms with E-state index < -0.39 is 11.6 Å². The molecule has 3 aromatic rings. The van der Waals surface area contributed by atoms with Crippen molar-refractivity contribution in [1.82, 2.24) is 10.2 Å². The van der Waals surface area contributed by atoms with Crippen molar-refractivity contribution in [3.63, 3.8) is 0 Å². The average molecular weight is 493 g/mol. The zero-order valence-corrected chi connectivity index (χ0v) is 21.5. The molecule has 35 heavy (non-hydrogen) atoms. The summed E-state index contributed by atoms with van der Waals surface area (Å²) in [5.74, 6) is 0.105. The Balaban J connectivity index is 1.92. The Morgan fingerprint density at radius 2 is 1.60 bits per heavy atom. The van der Waals surface area contributed by atoms with E-state index >= 15 is 0 Å². The Bertz CT molecular complexity index is 1120. The molecule has 0 aliphatic rings. The van der Waals surface area contributed by atoms with E-state index in [-0.39, 0.29) is 25.0 Å². The lowest BCUT2D eigenvalue weighted by Crippen LogP contribution is -2.55. The van der Waals surface area contributed by atoms with E-state index in [1.807, 2.05) is 100 Å². The monoisotopic (exact) mass is 492 g/mol. The Morgan fingerprint density at radius 1 is 0.943 bits per heavy atom. The minimum Gasteiger partial charge on any atom is -0.484 e. The average Bonchev–Trinajstić information content (AvgIpc) is 2.80. The number of nitrogens with one attached hydrogen (secondary N) is 1. The van der Waals surface area contributed by atoms with Gasteiger partial charge < -0.3 is 15.0 Å². The number of halogens is 1. The molecule has 2 amide bonds. The Labute approximate surface area is 213 Å². The summed E-state index contributed by atoms with van der Waals surface area (Å²) >= 11 is 6.21. The zero-order valence-electron chi connectivity index (χ0n) is 20.8. The van der Waals surface area contributed by atoms with Crippen molar-refractivity contribution < 1.29 is 14.3 Å². The van der Waals surface area contributed by atoms with Crippen LogP contribution in [0.4, 0.5) is 0 Å². The van der Waals surface area contributed by atoms with Crippen molar-refractivity contribution in [3.8, 4) is 5.75 Å². The molecular formula is C29H33ClN2O3. The summed E-state index contributed by atoms with van der Waals surface area (Å²) in [6.07, 6.45) is 0.375. The maximum Gasteiger partial charge on any atom is 0.261 e. The van der Waals surface area contributed by atoms with Crippen LogP contribution >= 0.6 is 11.6 Å². The highest BCUT2D eigenvalue weighted by atomic mass is 35.5. The van der Waals surface area contributed by atoms with Crippen molar-refractivity contribution in [2.75, 3.05) is 6.61 Å². The fraction of sp³-hybridized carbons (Fsp3) is 0.310. The summed E-state index contributed by atoms with van der Waals surface area (Å²) in [5.41, 5.74) is 2.45. The number of hydrogen-bond acceptors (Lipinski definition) is 3. The van der Waals surface area contributed by atoms with Crippen LogP contribution in [0, 0.1) is 6.92 Å². The standard InChI is InChI=1S/C29H33ClN2O3/c1-21-13-15-25(16-14-21)35-20-27(33)32(19-23-11-8-12-24(30)17-23)26(28(34)31-29(2,3)4)18-22-9-6-5-7-10-22/h5-17,26H,18-20H2,1-4H3,(H,31,34)/t26-/m1/s1. The van der Waals surface area contributed by atoms with Crippen LogP contribution in [0.15, 0.2) is 78.9 Å². The van der Waals surface area contributed by atoms with Gasteiger partial charge in [-0.25, -0.2) is 0 Å². The minimum absolute atomic E-state index is 0.183. The topological polar surface area (TPSA) is 58.6 Å². The lowest BCUT2D eigenvalue weighted by molar-refractivity contribution is -0.143. The molecule has 0 saturated heterocycles. The molecule has 0 unspecified atom stereocenters. The fourth-order valence-corrected chi connectivity index (χ4v) is 3.91. The summed E-state index contributed by atoms with van der Waals surface area (Å²) < 4.78 is 5.80. The maximum absolute atomic E-state index is 13.6. The van der Waals surface area contributed by atoms with Gasteiger partial charge in [0.2, 0.25) is 5.91 Å². The van der Waals surface area contributed by atoms with Crippen LogP contribution in [-0.4, -0.2) is 34.9 Å². The molecule has 5 nitrogen and oxygen atoms in total. The number of benzene rings is 3. The summed E-state index contributed by atoms with van der Waals surface area (Å²) in [5, 5.41) is 3.63. The van der Waals surface area contributed by atoms with E-state index in [0.717, 1.165) is 16.7 Å². The number of amides is 2. The lowest BCUT2D eigenvalue weighted by atomic mass is 10.0. The molecule has 0 aliphatic heterocycles. The first-order valence-electron chi connectivity index (χ1n) is 11.7. The predicted molar refractivity (Wildman–Crippen MR) is 141 cm³/mol. The SMILES string of the molecule is Cc1ccc(OCC(=O)N(Cc2cccc(Cl)c2)[C@H](Cc2ccccc2)C(=O)NC(C)(C)C)cc1. The van der Waals surface area contributed by atoms with E-state index in [2.05, 4.69) is 5.32 Å². The predicted octanol–water partition coefficient (Wildman–Crippen LogP) is 5.58. The quantitative estimate of drug-likeness (QED) is 0.424. The van der Waals surface area contributed by atoms with Gasteiger partial charge in [0.15, 0.2) is 6.61 Å². The number of aryl methyl sites for hydroxylation is 1. The van der Waals surface area contributed by atoms with Gasteiger partial charge in [-0.15, -0.1) is 0 Å². The largest absolute Gasteiger partial charge is 0.484 e. The molecule has 184 valence electrons. The molecule has 0 aliphatic carbocycles. The smallest absolute Gasteiger partial charge is 0.261 e. The van der Waals surface area contributed by atoms with Crippen LogP contribution < -0.4 is 10.1 Å². The van der Waals surface area contributed by atoms with Crippen LogP contribution in [0.2, 0.25) is 5.02 Å². The Kier molecular flexibility index (Phi) is 8.94. The van der Waals surface area contributed by atoms with Gasteiger partial charge in [-0.1, -0.05) is 71.8 Å². The fourth-order valence-electron chi connectivity index (χ4n) is 3.70. The highest BCUT2D eigenvalue weighted by Crippen LogP contribution is 2.19. The van der Waals surface area contributed by atoms with Crippen molar-refractivity contribution >= 4 is 23.4 Å². The van der Waals surface area contributed by atoms with Crippen molar-refractivity contribution in [2.45, 2.75) is 52.2 Å². The van der Waals surface area contributed by atoms with Gasteiger partial charge in [-0.05, 0) is 63.1 Å². The van der Waals surface area contributed by atoms with Gasteiger partial charge >= 0.3 is 0 Å². The van der Waals surface area contributed by atoms with E-state index in [9.17, 15) is 9.59 Å². The van der Waals surface area contributed by atoms with E-state index in [0.29, 0.717) is 17.2 Å². The van der Waals surface area contributed by atoms with E-state index in [4.69, 9.17) is 16.3 Å². The van der Waals surface area contributed by atoms with Crippen LogP contribution in [0.1, 0.15) is 37.5 Å². The van der Waals surface area contributed by atoms with Crippen LogP contribution in [0.5, 0.6) is 5.75 Å². The minimum atomic E-state index is -0.732. The molecule has 0 radical (unpaired) electrons. The normalized spacial score (nSPS) is 12.0. The Hall–Kier alpha value is -3.31. The molecule has 0 bridgehead atoms. The first-order chi connectivity index (χ1) is 16.6. The number of rotatable bonds is 9. The summed E-state index contributed by atoms with van der Waals surface area (Å²) in [4.78, 5) is 28.7. The van der Waals surface area contributed by atoms with E-state index in [1.165, 1.54) is 0 Å². The highest BCUT2D eigenvalue weighted by molar-refractivity contribution is 6.30. The first kappa shape index (κ1) is 26.3. The second kappa shape index (κ2) is 11.9. The van der Waals surface area contributed by atoms with Crippen LogP contribution in [-0.2, 0) is 22.6 Å². The van der Waals surface area contributed by atoms with Crippen LogP contribution in [0.3, 0.4) is 0 Å². The molecule has 0 fully saturated rings. The molecule has 3 aromatic carbocycles. The molecule has 1 atom stereocenters. The lowest BCUT2D eigenvalue weighted by Gasteiger charge is -2.33. The third-order valence-electron chi connectivity index (χ3n) is 5.39. The zero-order chi connectivity index (χ0) is 25.4. The van der Waals surface area contributed by atoms with Gasteiger partial charge in [0.05, 0.1) is 0 Å². The van der Waals surface area contributed by atoms with Gasteiger partial charge in [0.1, 0.15) is 11.8 Å². The highest BCUT2D eigenvalue weighted by Gasteiger charge is 2.32. The maximum atomic E-state index is 13.6. The Morgan fingerprint density at radius 3 is 2.23 bits per heavy atom. The van der Waals surface area contributed by atoms with Gasteiger partial charge in [-0.3, -0.25) is 9.59 Å². The third-order valence-corrected chi connectivity index (χ3v) is 5.63. The summed E-state index contributed by atoms with van der Waals surface area (Å²) in [6, 6.07) is 23.8. The van der Waals surface area contributed by atoms with E-state index in [1.54, 1.807) is 11.0 Å². The third kappa shape index (κ3) is 8.45. The van der Waals surface area contributed by atoms with Gasteiger partial charge in [0.25, 0.3) is 5.91 Å². The number of ether oxygens (including phenoxy) is 1. The number of nitrogens with zero attached hydrogens (tertiary/aromatic N) is 1. The summed E-state index contributed by atoms with van der Waals surface area (Å²) in [7, 11) is 0. The van der Waals surface area contributed by atoms with Crippen molar-refractivity contribution in [3.05, 3.63) is 101 Å². The molecule has 0 saturated carbocycles. The van der Waals surface area contributed by atoms with Crippen molar-refractivity contribution in [2.24, 2.45) is 0 Å². The molecule has 0 aromatic heterocycles. The second-order valence-electron chi connectivity index (χ2n) is 9.70. The molecule has 1 N–H and O–H groups in total. The van der Waals surface area contributed by atoms with Gasteiger partial charge in [-0.2, -0.15) is 0 Å². The first-order valence-corrected chi connectivity index (χ1v) is 12.1. The number of hydrogen-bond donors (Lipinski definition) is 1. The second-order valence-corrected chi connectivity index (χ2v) is 10.1. The molecule has 0 spiro atoms. The number of carbonyl (C=O) groups is 2. The molecule has 3 rings (SSSR count).